The molecule has 9 atom stereocenters. The van der Waals surface area contributed by atoms with Gasteiger partial charge in [-0.05, 0) is 216 Å². The fraction of sp³-hybridized carbons (Fsp3) is 0.661. The van der Waals surface area contributed by atoms with Crippen LogP contribution in [0.4, 0.5) is 25.6 Å². The van der Waals surface area contributed by atoms with Gasteiger partial charge in [0.05, 0.1) is 60.2 Å². The number of ether oxygens (including phenoxy) is 9. The standard InChI is InChI=1S/C25H35N6O5P.C25H41NO4S2.C22H36O2S.C18H18FN5O4.C12H28ClN2P.C4H10OS.2CH4O.CH4/c1-15(2)31(16(3)4)37-36-20-17(5)35-24(21(20)33-6)30-14-28-19-22(26-13-27-23(19)30)29-25(32)34-12-18-10-8-7-9-11-18;1-5-25(6-2)18-29-23(30-19-25)21-11-9-20(10-12-21)17-26-22(28)13-14-24(3,4)32-31-16-8-7-15-27;1-5-22(6-2)16-23-20(24-17-22)19-13-11-18(12-14-19)10-8-7-9-15-21(3,4)25;1-10-14(25)12(19)17(28-10)24-9-22-13-15(20-8-21-16(13)24)23-18(26)27-7-11-5-3-2-4-6-11;1-9(2)14(10(3)4)16(13)15(11(5)6)12(7)8;5-3-1-2-4-6;2*1-2;/h7-11,13-17,20-21,24,37H,12H2,1-6H3,(H,26,27,29,32);9-12,23,27H,5-8,13-19H2,1-4H3,(H,26,28);11-14,20,25H,5-10,15-17H2,1-4H3;2-6,8-10,12,14,17,25H,7H2,1H3,(H,20,21,23,26);9-12H,1-8H3;5-6H,1-4H2;2*2H,1H3;1H4/i5D;;;1D;;;2*2T;. The van der Waals surface area contributed by atoms with E-state index in [0.717, 1.165) is 130 Å². The smallest absolute Gasteiger partial charge is 0.413 e. The zero-order valence-electron chi connectivity index (χ0n) is 95.5. The molecule has 12 rings (SSSR count). The number of hydrogen-bond acceptors (Lipinski definition) is 31. The number of unbranched alkanes of at least 4 members (excludes halogenated alkanes) is 4. The van der Waals surface area contributed by atoms with Gasteiger partial charge < -0.3 is 78.0 Å². The predicted octanol–water partition coefficient (Wildman–Crippen LogP) is 24.2. The number of hydrogen-bond donors (Lipinski definition) is 10. The van der Waals surface area contributed by atoms with Gasteiger partial charge in [0.2, 0.25) is 8.77 Å². The third-order valence-electron chi connectivity index (χ3n) is 25.2. The van der Waals surface area contributed by atoms with Gasteiger partial charge in [-0.3, -0.25) is 38.6 Å². The summed E-state index contributed by atoms with van der Waals surface area (Å²) in [5.41, 5.74) is 7.94. The lowest BCUT2D eigenvalue weighted by molar-refractivity contribution is -0.235. The van der Waals surface area contributed by atoms with E-state index in [4.69, 9.17) is 74.2 Å². The van der Waals surface area contributed by atoms with Gasteiger partial charge in [-0.2, -0.15) is 25.3 Å². The number of amides is 3. The highest BCUT2D eigenvalue weighted by atomic mass is 35.7. The van der Waals surface area contributed by atoms with Crippen LogP contribution in [0.25, 0.3) is 22.3 Å². The molecule has 9 unspecified atom stereocenters. The predicted molar refractivity (Wildman–Crippen MR) is 612 cm³/mol. The van der Waals surface area contributed by atoms with Gasteiger partial charge in [-0.25, -0.2) is 43.9 Å². The molecule has 4 saturated heterocycles. The van der Waals surface area contributed by atoms with E-state index in [1.165, 1.54) is 69.0 Å². The number of carbonyl (C=O) groups excluding carboxylic acids is 3. The van der Waals surface area contributed by atoms with Crippen molar-refractivity contribution >= 4 is 127 Å². The first-order chi connectivity index (χ1) is 72.6. The maximum absolute atomic E-state index is 14.4. The Morgan fingerprint density at radius 3 is 1.44 bits per heavy atom. The number of carbonyl (C=O) groups is 3. The van der Waals surface area contributed by atoms with Crippen molar-refractivity contribution in [3.8, 4) is 0 Å². The number of aryl methyl sites for hydroxylation is 1. The van der Waals surface area contributed by atoms with Crippen LogP contribution in [0.15, 0.2) is 135 Å². The zero-order chi connectivity index (χ0) is 113. The second-order valence-electron chi connectivity index (χ2n) is 39.6. The van der Waals surface area contributed by atoms with Gasteiger partial charge in [-0.15, -0.1) is 0 Å². The number of imidazole rings is 2. The Morgan fingerprint density at radius 1 is 0.604 bits per heavy atom. The van der Waals surface area contributed by atoms with E-state index in [0.29, 0.717) is 67.0 Å². The number of aromatic nitrogens is 8. The van der Waals surface area contributed by atoms with Crippen molar-refractivity contribution < 1.29 is 94.2 Å². The highest BCUT2D eigenvalue weighted by molar-refractivity contribution is 8.77. The largest absolute Gasteiger partial charge is 0.444 e. The number of methoxy groups -OCH3 is 1. The first-order valence-corrected chi connectivity index (χ1v) is 58.0. The Kier molecular flexibility index (Phi) is 61.1. The van der Waals surface area contributed by atoms with E-state index in [1.54, 1.807) is 18.0 Å². The van der Waals surface area contributed by atoms with Crippen molar-refractivity contribution in [1.82, 2.24) is 58.4 Å². The van der Waals surface area contributed by atoms with Crippen LogP contribution in [0.1, 0.15) is 311 Å². The Hall–Kier alpha value is -6.17. The second-order valence-corrected chi connectivity index (χ2v) is 47.6. The first-order valence-electron chi connectivity index (χ1n) is 53.8. The molecule has 3 amide bonds. The van der Waals surface area contributed by atoms with Crippen LogP contribution in [0.2, 0.25) is 0 Å². The lowest BCUT2D eigenvalue weighted by Crippen LogP contribution is -2.41. The number of rotatable bonds is 46. The van der Waals surface area contributed by atoms with Crippen LogP contribution >= 0.6 is 74.6 Å². The Balaban J connectivity index is 0.000000393. The maximum atomic E-state index is 14.4. The fourth-order valence-corrected chi connectivity index (χ4v) is 24.2. The van der Waals surface area contributed by atoms with Crippen molar-refractivity contribution in [1.29, 1.82) is 2.86 Å². The molecule has 0 aliphatic carbocycles. The monoisotopic (exact) mass is 2220 g/mol. The molecule has 8 heterocycles. The van der Waals surface area contributed by atoms with Crippen molar-refractivity contribution in [2.75, 3.05) is 83.1 Å². The molecular formula is C109H180ClFN14O18P2S4. The van der Waals surface area contributed by atoms with Crippen LogP contribution < -0.4 is 16.0 Å². The van der Waals surface area contributed by atoms with Crippen molar-refractivity contribution in [3.63, 3.8) is 0 Å². The molecule has 4 aliphatic heterocycles. The molecule has 842 valence electrons. The average molecular weight is 2230 g/mol. The summed E-state index contributed by atoms with van der Waals surface area (Å²) in [5.74, 6) is 2.32. The molecule has 4 aromatic carbocycles. The van der Waals surface area contributed by atoms with Gasteiger partial charge in [0.1, 0.15) is 51.8 Å². The lowest BCUT2D eigenvalue weighted by atomic mass is 9.83. The van der Waals surface area contributed by atoms with Gasteiger partial charge in [0.15, 0.2) is 65.2 Å². The molecule has 0 bridgehead atoms. The summed E-state index contributed by atoms with van der Waals surface area (Å²) >= 11 is 15.2. The minimum Gasteiger partial charge on any atom is -0.444 e. The quantitative estimate of drug-likeness (QED) is 0.00733. The average Bonchev–Trinajstić information content (AvgIpc) is 1.62. The minimum absolute atomic E-state index is 0. The molecule has 0 radical (unpaired) electrons. The second kappa shape index (κ2) is 71.2. The Morgan fingerprint density at radius 2 is 1.04 bits per heavy atom. The summed E-state index contributed by atoms with van der Waals surface area (Å²) in [6, 6.07) is 38.1. The third kappa shape index (κ3) is 45.2. The molecule has 8 aromatic rings. The molecule has 32 nitrogen and oxygen atoms in total. The van der Waals surface area contributed by atoms with Crippen LogP contribution in [0, 0.1) is 10.8 Å². The van der Waals surface area contributed by atoms with Crippen molar-refractivity contribution in [3.05, 3.63) is 168 Å². The van der Waals surface area contributed by atoms with Gasteiger partial charge in [0.25, 0.3) is 0 Å². The molecular weight excluding hydrogens is 2040 g/mol. The molecule has 4 aromatic heterocycles. The Bertz CT molecular complexity index is 4990. The number of thiol groups is 2. The molecule has 4 aliphatic rings. The van der Waals surface area contributed by atoms with E-state index in [9.17, 15) is 23.9 Å². The Labute approximate surface area is 921 Å². The highest BCUT2D eigenvalue weighted by Gasteiger charge is 2.47. The number of anilines is 2. The number of benzene rings is 4. The van der Waals surface area contributed by atoms with Crippen LogP contribution in [0.3, 0.4) is 0 Å². The van der Waals surface area contributed by atoms with Crippen molar-refractivity contribution in [2.24, 2.45) is 10.8 Å². The number of nitrogens with zero attached hydrogens (tertiary/aromatic N) is 11. The molecule has 8 N–H and O–H groups in total. The summed E-state index contributed by atoms with van der Waals surface area (Å²) in [5, 5.41) is 42.0. The highest BCUT2D eigenvalue weighted by Crippen LogP contribution is 2.54. The summed E-state index contributed by atoms with van der Waals surface area (Å²) < 4.78 is 110. The lowest BCUT2D eigenvalue weighted by Gasteiger charge is -2.43. The normalized spacial score (nSPS) is 19.0. The number of aliphatic hydroxyl groups excluding tert-OH is 5. The number of halogens is 2. The van der Waals surface area contributed by atoms with E-state index >= 15 is 0 Å². The molecule has 0 spiro atoms. The molecule has 0 saturated carbocycles. The number of nitrogens with one attached hydrogen (secondary N) is 3. The van der Waals surface area contributed by atoms with Crippen LogP contribution in [-0.2, 0) is 78.1 Å². The summed E-state index contributed by atoms with van der Waals surface area (Å²) in [6.45, 7) is 47.9. The van der Waals surface area contributed by atoms with E-state index in [2.05, 4.69) is 258 Å². The van der Waals surface area contributed by atoms with Gasteiger partial charge in [0, 0.05) is 124 Å². The third-order valence-corrected chi connectivity index (χ3v) is 34.5. The number of alkyl halides is 1. The van der Waals surface area contributed by atoms with Crippen LogP contribution in [-0.4, -0.2) is 254 Å². The van der Waals surface area contributed by atoms with E-state index in [1.807, 2.05) is 107 Å². The van der Waals surface area contributed by atoms with E-state index < -0.39 is 68.9 Å². The van der Waals surface area contributed by atoms with Gasteiger partial charge >= 0.3 is 12.2 Å². The molecule has 40 heteroatoms. The summed E-state index contributed by atoms with van der Waals surface area (Å²) in [4.78, 5) is 62.1. The fourth-order valence-electron chi connectivity index (χ4n) is 16.3. The molecule has 4 fully saturated rings. The first kappa shape index (κ1) is 128. The van der Waals surface area contributed by atoms with Gasteiger partial charge in [-0.1, -0.05) is 204 Å². The summed E-state index contributed by atoms with van der Waals surface area (Å²) in [7, 11) is 7.21. The SMILES string of the molecule is C.CC(C)N(C(C)C)P(Cl)N(C(C)C)C(C)C.CCC1(CC)COC(c2ccc(CCCCCC(C)(C)S)cc2)OC1.CCC1(CC)COC(c2ccc(CNC(=O)CCC(C)(C)SSCCCCO)cc2)OC1.OCCCCS.[2H]CC1OC(n2cnc3c(NC(=O)OCc4ccccc4)ncnc32)C(F)C1O.[2H]CC1OC(n2cnc3c(NC(=O)OCc4ccccc4)ncnc32)C(OC)C1OPN(C(C)C)C(C)C.[3H]OC.[3H]OC. The zero-order valence-corrected chi connectivity index (χ0v) is 97.6. The minimum atomic E-state index is -1.75. The van der Waals surface area contributed by atoms with E-state index in [-0.39, 0.29) is 112 Å². The van der Waals surface area contributed by atoms with Crippen LogP contribution in [0.5, 0.6) is 0 Å². The maximum Gasteiger partial charge on any atom is 0.413 e. The number of fused-ring (bicyclic) bond motifs is 2. The summed E-state index contributed by atoms with van der Waals surface area (Å²) in [6.07, 6.45) is 11.8. The van der Waals surface area contributed by atoms with Crippen molar-refractivity contribution in [2.45, 2.75) is 383 Å². The topological polar surface area (TPSA) is 378 Å². The molecule has 149 heavy (non-hydrogen) atoms. The number of aliphatic hydroxyl groups is 5.